The molecule has 4 nitrogen and oxygen atoms in total. The Morgan fingerprint density at radius 2 is 2.28 bits per heavy atom. The molecule has 0 amide bonds. The summed E-state index contributed by atoms with van der Waals surface area (Å²) < 4.78 is 9.96. The van der Waals surface area contributed by atoms with Crippen molar-refractivity contribution in [3.63, 3.8) is 0 Å². The lowest BCUT2D eigenvalue weighted by atomic mass is 10.2. The first-order valence-corrected chi connectivity index (χ1v) is 7.07. The molecule has 0 aliphatic carbocycles. The number of esters is 1. The third-order valence-electron chi connectivity index (χ3n) is 2.88. The lowest BCUT2D eigenvalue weighted by molar-refractivity contribution is 0.0600. The van der Waals surface area contributed by atoms with Crippen LogP contribution in [0.5, 0.6) is 0 Å². The van der Waals surface area contributed by atoms with E-state index in [0.29, 0.717) is 10.8 Å². The molecule has 1 aliphatic rings. The summed E-state index contributed by atoms with van der Waals surface area (Å²) >= 11 is 1.91. The van der Waals surface area contributed by atoms with Crippen LogP contribution in [0.15, 0.2) is 18.3 Å². The molecule has 0 atom stereocenters. The molecule has 0 saturated carbocycles. The number of aromatic nitrogens is 1. The Balaban J connectivity index is 1.84. The third-order valence-corrected chi connectivity index (χ3v) is 4.29. The number of rotatable bonds is 4. The van der Waals surface area contributed by atoms with Crippen molar-refractivity contribution in [2.24, 2.45) is 0 Å². The van der Waals surface area contributed by atoms with Crippen LogP contribution in [0.1, 0.15) is 28.9 Å². The monoisotopic (exact) mass is 267 g/mol. The molecule has 2 rings (SSSR count). The standard InChI is InChI=1S/C13H17NO3S/c1-16-13(15)10-2-3-11(14-8-10)9-18-12-4-6-17-7-5-12/h2-3,8,12H,4-7,9H2,1H3. The van der Waals surface area contributed by atoms with E-state index in [0.717, 1.165) is 37.5 Å². The minimum Gasteiger partial charge on any atom is -0.465 e. The summed E-state index contributed by atoms with van der Waals surface area (Å²) in [5, 5.41) is 0.667. The predicted octanol–water partition coefficient (Wildman–Crippen LogP) is 2.28. The van der Waals surface area contributed by atoms with Crippen molar-refractivity contribution in [3.8, 4) is 0 Å². The van der Waals surface area contributed by atoms with E-state index in [1.165, 1.54) is 7.11 Å². The summed E-state index contributed by atoms with van der Waals surface area (Å²) in [6.07, 6.45) is 3.81. The van der Waals surface area contributed by atoms with Crippen LogP contribution >= 0.6 is 11.8 Å². The fourth-order valence-corrected chi connectivity index (χ4v) is 2.90. The number of hydrogen-bond donors (Lipinski definition) is 0. The highest BCUT2D eigenvalue weighted by molar-refractivity contribution is 7.99. The average molecular weight is 267 g/mol. The first kappa shape index (κ1) is 13.4. The number of carbonyl (C=O) groups is 1. The fraction of sp³-hybridized carbons (Fsp3) is 0.538. The second kappa shape index (κ2) is 6.75. The van der Waals surface area contributed by atoms with E-state index in [2.05, 4.69) is 9.72 Å². The second-order valence-corrected chi connectivity index (χ2v) is 5.44. The van der Waals surface area contributed by atoms with Crippen molar-refractivity contribution in [2.75, 3.05) is 20.3 Å². The van der Waals surface area contributed by atoms with E-state index in [4.69, 9.17) is 4.74 Å². The zero-order valence-corrected chi connectivity index (χ0v) is 11.2. The van der Waals surface area contributed by atoms with Crippen molar-refractivity contribution in [1.82, 2.24) is 4.98 Å². The lowest BCUT2D eigenvalue weighted by Crippen LogP contribution is -2.17. The summed E-state index contributed by atoms with van der Waals surface area (Å²) in [7, 11) is 1.37. The van der Waals surface area contributed by atoms with Gasteiger partial charge in [-0.05, 0) is 25.0 Å². The molecule has 1 saturated heterocycles. The molecule has 1 aromatic heterocycles. The van der Waals surface area contributed by atoms with Crippen LogP contribution in [0.3, 0.4) is 0 Å². The van der Waals surface area contributed by atoms with Crippen LogP contribution in [0.4, 0.5) is 0 Å². The van der Waals surface area contributed by atoms with Crippen LogP contribution in [0.2, 0.25) is 0 Å². The molecule has 2 heterocycles. The Morgan fingerprint density at radius 1 is 1.50 bits per heavy atom. The van der Waals surface area contributed by atoms with Crippen molar-refractivity contribution < 1.29 is 14.3 Å². The van der Waals surface area contributed by atoms with Gasteiger partial charge in [0.25, 0.3) is 0 Å². The Hall–Kier alpha value is -1.07. The molecular formula is C13H17NO3S. The first-order valence-electron chi connectivity index (χ1n) is 6.02. The van der Waals surface area contributed by atoms with Gasteiger partial charge in [-0.25, -0.2) is 4.79 Å². The smallest absolute Gasteiger partial charge is 0.339 e. The molecule has 0 radical (unpaired) electrons. The number of carbonyl (C=O) groups excluding carboxylic acids is 1. The topological polar surface area (TPSA) is 48.4 Å². The minimum absolute atomic E-state index is 0.342. The van der Waals surface area contributed by atoms with E-state index < -0.39 is 0 Å². The summed E-state index contributed by atoms with van der Waals surface area (Å²) in [5.74, 6) is 0.540. The van der Waals surface area contributed by atoms with Crippen LogP contribution < -0.4 is 0 Å². The molecule has 0 aromatic carbocycles. The van der Waals surface area contributed by atoms with Gasteiger partial charge in [-0.2, -0.15) is 11.8 Å². The first-order chi connectivity index (χ1) is 8.79. The largest absolute Gasteiger partial charge is 0.465 e. The third kappa shape index (κ3) is 3.71. The van der Waals surface area contributed by atoms with Crippen molar-refractivity contribution in [2.45, 2.75) is 23.8 Å². The number of thioether (sulfide) groups is 1. The van der Waals surface area contributed by atoms with Gasteiger partial charge in [0.2, 0.25) is 0 Å². The molecule has 1 fully saturated rings. The second-order valence-electron chi connectivity index (χ2n) is 4.15. The molecular weight excluding hydrogens is 250 g/mol. The van der Waals surface area contributed by atoms with Gasteiger partial charge >= 0.3 is 5.97 Å². The average Bonchev–Trinajstić information content (AvgIpc) is 2.46. The summed E-state index contributed by atoms with van der Waals surface area (Å²) in [4.78, 5) is 15.5. The zero-order valence-electron chi connectivity index (χ0n) is 10.4. The SMILES string of the molecule is COC(=O)c1ccc(CSC2CCOCC2)nc1. The lowest BCUT2D eigenvalue weighted by Gasteiger charge is -2.21. The quantitative estimate of drug-likeness (QED) is 0.783. The van der Waals surface area contributed by atoms with Gasteiger partial charge < -0.3 is 9.47 Å². The predicted molar refractivity (Wildman–Crippen MR) is 70.7 cm³/mol. The normalized spacial score (nSPS) is 16.5. The highest BCUT2D eigenvalue weighted by Gasteiger charge is 2.14. The highest BCUT2D eigenvalue weighted by atomic mass is 32.2. The van der Waals surface area contributed by atoms with Crippen molar-refractivity contribution in [3.05, 3.63) is 29.6 Å². The highest BCUT2D eigenvalue weighted by Crippen LogP contribution is 2.24. The number of ether oxygens (including phenoxy) is 2. The minimum atomic E-state index is -0.342. The van der Waals surface area contributed by atoms with Crippen LogP contribution in [0, 0.1) is 0 Å². The molecule has 5 heteroatoms. The van der Waals surface area contributed by atoms with Crippen molar-refractivity contribution in [1.29, 1.82) is 0 Å². The van der Waals surface area contributed by atoms with Crippen LogP contribution in [-0.4, -0.2) is 36.5 Å². The maximum Gasteiger partial charge on any atom is 0.339 e. The van der Waals surface area contributed by atoms with E-state index in [9.17, 15) is 4.79 Å². The Bertz CT molecular complexity index is 388. The summed E-state index contributed by atoms with van der Waals surface area (Å²) in [6, 6.07) is 3.65. The van der Waals surface area contributed by atoms with Gasteiger partial charge in [-0.3, -0.25) is 4.98 Å². The molecule has 98 valence electrons. The number of nitrogens with zero attached hydrogens (tertiary/aromatic N) is 1. The van der Waals surface area contributed by atoms with Gasteiger partial charge in [0, 0.05) is 30.4 Å². The van der Waals surface area contributed by atoms with Gasteiger partial charge in [0.15, 0.2) is 0 Å². The molecule has 18 heavy (non-hydrogen) atoms. The number of methoxy groups -OCH3 is 1. The number of hydrogen-bond acceptors (Lipinski definition) is 5. The maximum atomic E-state index is 11.2. The van der Waals surface area contributed by atoms with E-state index >= 15 is 0 Å². The van der Waals surface area contributed by atoms with E-state index in [1.807, 2.05) is 17.8 Å². The fourth-order valence-electron chi connectivity index (χ4n) is 1.79. The van der Waals surface area contributed by atoms with Gasteiger partial charge in [0.1, 0.15) is 0 Å². The Morgan fingerprint density at radius 3 is 2.89 bits per heavy atom. The number of pyridine rings is 1. The Kier molecular flexibility index (Phi) is 5.01. The van der Waals surface area contributed by atoms with Crippen LogP contribution in [0.25, 0.3) is 0 Å². The summed E-state index contributed by atoms with van der Waals surface area (Å²) in [5.41, 5.74) is 1.50. The van der Waals surface area contributed by atoms with Crippen LogP contribution in [-0.2, 0) is 15.2 Å². The molecule has 0 spiro atoms. The molecule has 1 aliphatic heterocycles. The zero-order chi connectivity index (χ0) is 12.8. The van der Waals surface area contributed by atoms with E-state index in [1.54, 1.807) is 12.3 Å². The van der Waals surface area contributed by atoms with Gasteiger partial charge in [-0.15, -0.1) is 0 Å². The summed E-state index contributed by atoms with van der Waals surface area (Å²) in [6.45, 7) is 1.73. The maximum absolute atomic E-state index is 11.2. The molecule has 0 bridgehead atoms. The Labute approximate surface area is 111 Å². The molecule has 0 N–H and O–H groups in total. The molecule has 1 aromatic rings. The van der Waals surface area contributed by atoms with Crippen molar-refractivity contribution >= 4 is 17.7 Å². The molecule has 0 unspecified atom stereocenters. The van der Waals surface area contributed by atoms with Gasteiger partial charge in [0.05, 0.1) is 18.4 Å². The van der Waals surface area contributed by atoms with E-state index in [-0.39, 0.29) is 5.97 Å². The van der Waals surface area contributed by atoms with Gasteiger partial charge in [-0.1, -0.05) is 0 Å².